The Hall–Kier alpha value is -2.67. The highest BCUT2D eigenvalue weighted by atomic mass is 16.3. The summed E-state index contributed by atoms with van der Waals surface area (Å²) in [6, 6.07) is 7.11. The summed E-state index contributed by atoms with van der Waals surface area (Å²) in [5.74, 6) is -0.379. The van der Waals surface area contributed by atoms with Gasteiger partial charge in [-0.15, -0.1) is 0 Å². The zero-order chi connectivity index (χ0) is 19.3. The van der Waals surface area contributed by atoms with Gasteiger partial charge in [-0.1, -0.05) is 24.6 Å². The van der Waals surface area contributed by atoms with Crippen LogP contribution >= 0.6 is 0 Å². The quantitative estimate of drug-likeness (QED) is 0.582. The van der Waals surface area contributed by atoms with Crippen LogP contribution in [0, 0.1) is 6.92 Å². The maximum Gasteiger partial charge on any atom is 0.335 e. The first-order chi connectivity index (χ1) is 12.3. The maximum absolute atomic E-state index is 12.3. The smallest absolute Gasteiger partial charge is 0.335 e. The zero-order valence-electron chi connectivity index (χ0n) is 15.7. The van der Waals surface area contributed by atoms with E-state index in [1.807, 2.05) is 40.1 Å². The zero-order valence-corrected chi connectivity index (χ0v) is 15.7. The summed E-state index contributed by atoms with van der Waals surface area (Å²) in [7, 11) is 3.97. The topological polar surface area (TPSA) is 90.7 Å². The number of aromatic amines is 1. The molecule has 1 heterocycles. The second-order valence-corrected chi connectivity index (χ2v) is 6.47. The monoisotopic (exact) mass is 358 g/mol. The number of aliphatic imine (C=N–C) groups is 1. The van der Waals surface area contributed by atoms with Crippen molar-refractivity contribution in [1.82, 2.24) is 14.5 Å². The van der Waals surface area contributed by atoms with Gasteiger partial charge in [0.1, 0.15) is 5.56 Å². The van der Waals surface area contributed by atoms with Crippen LogP contribution in [0.25, 0.3) is 5.69 Å². The minimum absolute atomic E-state index is 0.0533. The molecular weight excluding hydrogens is 332 g/mol. The average molecular weight is 358 g/mol. The Morgan fingerprint density at radius 3 is 2.46 bits per heavy atom. The van der Waals surface area contributed by atoms with E-state index in [1.54, 1.807) is 12.1 Å². The molecule has 7 heteroatoms. The number of nitrogens with one attached hydrogen (secondary N) is 1. The highest BCUT2D eigenvalue weighted by Gasteiger charge is 2.19. The Kier molecular flexibility index (Phi) is 6.52. The van der Waals surface area contributed by atoms with Gasteiger partial charge in [0, 0.05) is 6.54 Å². The van der Waals surface area contributed by atoms with E-state index in [1.165, 1.54) is 0 Å². The Bertz CT molecular complexity index is 892. The van der Waals surface area contributed by atoms with Crippen molar-refractivity contribution < 1.29 is 5.11 Å². The number of H-pyrrole nitrogens is 1. The van der Waals surface area contributed by atoms with Gasteiger partial charge in [-0.25, -0.2) is 9.36 Å². The fourth-order valence-corrected chi connectivity index (χ4v) is 2.69. The molecule has 2 aromatic rings. The van der Waals surface area contributed by atoms with Gasteiger partial charge in [-0.05, 0) is 52.5 Å². The van der Waals surface area contributed by atoms with Crippen LogP contribution in [-0.2, 0) is 0 Å². The molecule has 2 N–H and O–H groups in total. The van der Waals surface area contributed by atoms with Crippen LogP contribution in [0.3, 0.4) is 0 Å². The molecule has 0 amide bonds. The highest BCUT2D eigenvalue weighted by Crippen LogP contribution is 2.18. The molecule has 0 saturated heterocycles. The van der Waals surface area contributed by atoms with E-state index in [9.17, 15) is 14.7 Å². The summed E-state index contributed by atoms with van der Waals surface area (Å²) in [5.41, 5.74) is 0.759. The lowest BCUT2D eigenvalue weighted by Crippen LogP contribution is -2.33. The Morgan fingerprint density at radius 2 is 1.88 bits per heavy atom. The number of aryl methyl sites for hydroxylation is 1. The summed E-state index contributed by atoms with van der Waals surface area (Å²) >= 11 is 0. The molecule has 0 bridgehead atoms. The van der Waals surface area contributed by atoms with Gasteiger partial charge < -0.3 is 10.0 Å². The molecule has 0 aliphatic rings. The van der Waals surface area contributed by atoms with E-state index in [4.69, 9.17) is 0 Å². The maximum atomic E-state index is 12.3. The highest BCUT2D eigenvalue weighted by molar-refractivity contribution is 6.02. The van der Waals surface area contributed by atoms with Crippen LogP contribution in [-0.4, -0.2) is 52.5 Å². The fourth-order valence-electron chi connectivity index (χ4n) is 2.69. The first-order valence-electron chi connectivity index (χ1n) is 8.69. The van der Waals surface area contributed by atoms with E-state index in [0.29, 0.717) is 24.4 Å². The lowest BCUT2D eigenvalue weighted by molar-refractivity contribution is 0.403. The minimum Gasteiger partial charge on any atom is -0.493 e. The van der Waals surface area contributed by atoms with Crippen LogP contribution in [0.15, 0.2) is 38.8 Å². The van der Waals surface area contributed by atoms with E-state index in [-0.39, 0.29) is 11.4 Å². The third-order valence-electron chi connectivity index (χ3n) is 4.07. The Morgan fingerprint density at radius 1 is 1.23 bits per heavy atom. The molecule has 26 heavy (non-hydrogen) atoms. The third kappa shape index (κ3) is 4.49. The number of aromatic nitrogens is 2. The van der Waals surface area contributed by atoms with Crippen molar-refractivity contribution in [2.24, 2.45) is 4.99 Å². The third-order valence-corrected chi connectivity index (χ3v) is 4.07. The molecule has 0 unspecified atom stereocenters. The van der Waals surface area contributed by atoms with Gasteiger partial charge in [0.15, 0.2) is 0 Å². The Labute approximate surface area is 152 Å². The van der Waals surface area contributed by atoms with Gasteiger partial charge in [-0.2, -0.15) is 0 Å². The molecule has 0 fully saturated rings. The van der Waals surface area contributed by atoms with Crippen LogP contribution in [0.1, 0.15) is 30.9 Å². The first kappa shape index (κ1) is 19.7. The molecule has 7 nitrogen and oxygen atoms in total. The first-order valence-corrected chi connectivity index (χ1v) is 8.69. The molecule has 0 radical (unpaired) electrons. The van der Waals surface area contributed by atoms with Crippen molar-refractivity contribution in [3.8, 4) is 11.6 Å². The van der Waals surface area contributed by atoms with E-state index < -0.39 is 11.2 Å². The second-order valence-electron chi connectivity index (χ2n) is 6.47. The van der Waals surface area contributed by atoms with Crippen molar-refractivity contribution in [2.75, 3.05) is 27.2 Å². The normalized spacial score (nSPS) is 12.0. The molecule has 140 valence electrons. The van der Waals surface area contributed by atoms with Crippen molar-refractivity contribution in [2.45, 2.75) is 26.7 Å². The molecule has 0 saturated carbocycles. The summed E-state index contributed by atoms with van der Waals surface area (Å²) in [4.78, 5) is 33.4. The standard InChI is InChI=1S/C19H26N4O3/c1-5-15(20-11-6-12-22(3)4)16-17(24)21-19(26)23(18(16)25)14-9-7-13(2)8-10-14/h7-10,25H,5-6,11-12H2,1-4H3,(H,21,24,26). The number of nitrogens with zero attached hydrogens (tertiary/aromatic N) is 3. The number of hydrogen-bond acceptors (Lipinski definition) is 5. The molecule has 0 aliphatic heterocycles. The lowest BCUT2D eigenvalue weighted by atomic mass is 10.1. The average Bonchev–Trinajstić information content (AvgIpc) is 2.58. The second kappa shape index (κ2) is 8.62. The predicted octanol–water partition coefficient (Wildman–Crippen LogP) is 1.69. The largest absolute Gasteiger partial charge is 0.493 e. The number of rotatable bonds is 7. The Balaban J connectivity index is 2.49. The SMILES string of the molecule is CCC(=NCCCN(C)C)c1c(O)n(-c2ccc(C)cc2)c(=O)[nH]c1=O. The molecule has 1 aromatic carbocycles. The summed E-state index contributed by atoms with van der Waals surface area (Å²) in [6.45, 7) is 5.22. The molecule has 0 aliphatic carbocycles. The van der Waals surface area contributed by atoms with Crippen LogP contribution in [0.5, 0.6) is 5.88 Å². The van der Waals surface area contributed by atoms with Crippen LogP contribution < -0.4 is 11.2 Å². The molecular formula is C19H26N4O3. The molecule has 0 atom stereocenters. The van der Waals surface area contributed by atoms with E-state index in [0.717, 1.165) is 23.1 Å². The van der Waals surface area contributed by atoms with Crippen molar-refractivity contribution in [3.63, 3.8) is 0 Å². The van der Waals surface area contributed by atoms with Gasteiger partial charge in [0.2, 0.25) is 5.88 Å². The van der Waals surface area contributed by atoms with Crippen LogP contribution in [0.2, 0.25) is 0 Å². The van der Waals surface area contributed by atoms with Gasteiger partial charge >= 0.3 is 5.69 Å². The summed E-state index contributed by atoms with van der Waals surface area (Å²) in [5, 5.41) is 10.7. The fraction of sp³-hybridized carbons (Fsp3) is 0.421. The van der Waals surface area contributed by atoms with E-state index in [2.05, 4.69) is 14.9 Å². The van der Waals surface area contributed by atoms with Gasteiger partial charge in [0.05, 0.1) is 11.4 Å². The van der Waals surface area contributed by atoms with Crippen molar-refractivity contribution in [1.29, 1.82) is 0 Å². The summed E-state index contributed by atoms with van der Waals surface area (Å²) < 4.78 is 1.10. The van der Waals surface area contributed by atoms with Crippen LogP contribution in [0.4, 0.5) is 0 Å². The van der Waals surface area contributed by atoms with E-state index >= 15 is 0 Å². The molecule has 1 aromatic heterocycles. The minimum atomic E-state index is -0.678. The molecule has 2 rings (SSSR count). The number of aromatic hydroxyl groups is 1. The molecule has 0 spiro atoms. The van der Waals surface area contributed by atoms with Crippen molar-refractivity contribution >= 4 is 5.71 Å². The van der Waals surface area contributed by atoms with Gasteiger partial charge in [0.25, 0.3) is 5.56 Å². The van der Waals surface area contributed by atoms with Crippen molar-refractivity contribution in [3.05, 3.63) is 56.2 Å². The lowest BCUT2D eigenvalue weighted by Gasteiger charge is -2.13. The number of benzene rings is 1. The summed E-state index contributed by atoms with van der Waals surface area (Å²) in [6.07, 6.45) is 1.32. The van der Waals surface area contributed by atoms with Gasteiger partial charge in [-0.3, -0.25) is 14.8 Å². The predicted molar refractivity (Wildman–Crippen MR) is 104 cm³/mol. The number of hydrogen-bond donors (Lipinski definition) is 2.